The molecule has 2 fully saturated rings. The average molecular weight is 355 g/mol. The van der Waals surface area contributed by atoms with Gasteiger partial charge in [0.25, 0.3) is 0 Å². The molecule has 2 unspecified atom stereocenters. The van der Waals surface area contributed by atoms with Crippen molar-refractivity contribution in [1.82, 2.24) is 4.90 Å². The second-order valence-electron chi connectivity index (χ2n) is 5.86. The van der Waals surface area contributed by atoms with E-state index >= 15 is 0 Å². The predicted molar refractivity (Wildman–Crippen MR) is 68.3 cm³/mol. The summed E-state index contributed by atoms with van der Waals surface area (Å²) in [5.74, 6) is -1.20. The molecule has 1 aliphatic heterocycles. The highest BCUT2D eigenvalue weighted by Gasteiger charge is 2.73. The summed E-state index contributed by atoms with van der Waals surface area (Å²) >= 11 is 0. The first-order valence-electron chi connectivity index (χ1n) is 6.66. The van der Waals surface area contributed by atoms with Gasteiger partial charge in [-0.05, 0) is 25.7 Å². The highest BCUT2D eigenvalue weighted by atomic mass is 35.5. The minimum Gasteiger partial charge on any atom is -0.341 e. The molecule has 130 valence electrons. The first-order chi connectivity index (χ1) is 9.48. The van der Waals surface area contributed by atoms with Crippen LogP contribution in [0.2, 0.25) is 0 Å². The normalized spacial score (nSPS) is 28.6. The summed E-state index contributed by atoms with van der Waals surface area (Å²) in [6.07, 6.45) is -10.7. The number of nitrogens with two attached hydrogens (primary N) is 1. The third-order valence-electron chi connectivity index (χ3n) is 4.49. The molecular formula is C12H17ClF6N2O. The number of halogens is 7. The van der Waals surface area contributed by atoms with Crippen LogP contribution in [-0.2, 0) is 4.79 Å². The van der Waals surface area contributed by atoms with Crippen molar-refractivity contribution >= 4 is 18.3 Å². The van der Waals surface area contributed by atoms with E-state index in [-0.39, 0.29) is 18.4 Å². The molecule has 2 aliphatic rings. The molecule has 1 saturated heterocycles. The molecule has 1 saturated carbocycles. The van der Waals surface area contributed by atoms with E-state index in [9.17, 15) is 31.1 Å². The molecule has 0 bridgehead atoms. The number of hydrogen-bond acceptors (Lipinski definition) is 2. The van der Waals surface area contributed by atoms with Gasteiger partial charge < -0.3 is 10.6 Å². The zero-order valence-electron chi connectivity index (χ0n) is 11.5. The van der Waals surface area contributed by atoms with Crippen LogP contribution >= 0.6 is 12.4 Å². The van der Waals surface area contributed by atoms with Gasteiger partial charge in [0, 0.05) is 25.0 Å². The van der Waals surface area contributed by atoms with Crippen LogP contribution in [0.3, 0.4) is 0 Å². The lowest BCUT2D eigenvalue weighted by Gasteiger charge is -2.33. The molecule has 0 aromatic heterocycles. The summed E-state index contributed by atoms with van der Waals surface area (Å²) in [5.41, 5.74) is 1.81. The number of hydrogen-bond donors (Lipinski definition) is 1. The number of carbonyl (C=O) groups excluding carboxylic acids is 1. The van der Waals surface area contributed by atoms with Gasteiger partial charge in [-0.15, -0.1) is 12.4 Å². The van der Waals surface area contributed by atoms with Crippen LogP contribution in [0.15, 0.2) is 0 Å². The van der Waals surface area contributed by atoms with Crippen molar-refractivity contribution in [2.45, 2.75) is 44.1 Å². The minimum absolute atomic E-state index is 0. The topological polar surface area (TPSA) is 46.3 Å². The summed E-state index contributed by atoms with van der Waals surface area (Å²) in [7, 11) is 0. The van der Waals surface area contributed by atoms with Gasteiger partial charge in [-0.2, -0.15) is 26.3 Å². The van der Waals surface area contributed by atoms with Gasteiger partial charge in [-0.25, -0.2) is 0 Å². The maximum atomic E-state index is 12.9. The molecular weight excluding hydrogens is 338 g/mol. The Labute approximate surface area is 129 Å². The number of nitrogens with zero attached hydrogens (tertiary/aromatic N) is 1. The van der Waals surface area contributed by atoms with Crippen molar-refractivity contribution in [2.24, 2.45) is 17.1 Å². The number of rotatable bonds is 1. The minimum atomic E-state index is -5.42. The second-order valence-corrected chi connectivity index (χ2v) is 5.86. The van der Waals surface area contributed by atoms with Gasteiger partial charge in [0.05, 0.1) is 0 Å². The number of carbonyl (C=O) groups is 1. The van der Waals surface area contributed by atoms with E-state index in [1.165, 1.54) is 0 Å². The summed E-state index contributed by atoms with van der Waals surface area (Å²) in [4.78, 5) is 12.8. The number of amides is 1. The highest BCUT2D eigenvalue weighted by molar-refractivity contribution is 5.85. The van der Waals surface area contributed by atoms with Crippen molar-refractivity contribution in [1.29, 1.82) is 0 Å². The van der Waals surface area contributed by atoms with Crippen molar-refractivity contribution in [3.63, 3.8) is 0 Å². The maximum Gasteiger partial charge on any atom is 0.404 e. The summed E-state index contributed by atoms with van der Waals surface area (Å²) in [6, 6.07) is -0.212. The molecule has 3 nitrogen and oxygen atoms in total. The monoisotopic (exact) mass is 354 g/mol. The molecule has 1 heterocycles. The SMILES string of the molecule is Cl.NC1CCC(C(=O)N2CCC(C(F)(F)F)(C(F)(F)F)C2)C1. The first-order valence-corrected chi connectivity index (χ1v) is 6.66. The summed E-state index contributed by atoms with van der Waals surface area (Å²) < 4.78 is 77.5. The fourth-order valence-electron chi connectivity index (χ4n) is 3.12. The van der Waals surface area contributed by atoms with Gasteiger partial charge in [-0.3, -0.25) is 4.79 Å². The zero-order chi connectivity index (χ0) is 16.1. The summed E-state index contributed by atoms with van der Waals surface area (Å²) in [5, 5.41) is 0. The van der Waals surface area contributed by atoms with Crippen LogP contribution in [-0.4, -0.2) is 42.3 Å². The van der Waals surface area contributed by atoms with E-state index in [1.807, 2.05) is 0 Å². The molecule has 2 atom stereocenters. The predicted octanol–water partition coefficient (Wildman–Crippen LogP) is 2.88. The lowest BCUT2D eigenvalue weighted by molar-refractivity contribution is -0.334. The largest absolute Gasteiger partial charge is 0.404 e. The molecule has 1 amide bonds. The van der Waals surface area contributed by atoms with Crippen LogP contribution in [0, 0.1) is 11.3 Å². The van der Waals surface area contributed by atoms with Crippen molar-refractivity contribution in [3.05, 3.63) is 0 Å². The fraction of sp³-hybridized carbons (Fsp3) is 0.917. The molecule has 0 aromatic rings. The third kappa shape index (κ3) is 3.15. The van der Waals surface area contributed by atoms with E-state index in [0.29, 0.717) is 24.2 Å². The number of alkyl halides is 6. The lowest BCUT2D eigenvalue weighted by Crippen LogP contribution is -2.52. The average Bonchev–Trinajstić information content (AvgIpc) is 2.92. The molecule has 1 aliphatic carbocycles. The molecule has 10 heteroatoms. The summed E-state index contributed by atoms with van der Waals surface area (Å²) in [6.45, 7) is -1.87. The van der Waals surface area contributed by atoms with E-state index in [4.69, 9.17) is 5.73 Å². The van der Waals surface area contributed by atoms with E-state index in [1.54, 1.807) is 0 Å². The lowest BCUT2D eigenvalue weighted by atomic mass is 9.85. The number of likely N-dealkylation sites (tertiary alicyclic amines) is 1. The van der Waals surface area contributed by atoms with Crippen LogP contribution < -0.4 is 5.73 Å². The van der Waals surface area contributed by atoms with Crippen LogP contribution in [0.4, 0.5) is 26.3 Å². The molecule has 0 aromatic carbocycles. The Bertz CT molecular complexity index is 411. The Hall–Kier alpha value is -0.700. The Kier molecular flexibility index (Phi) is 5.34. The van der Waals surface area contributed by atoms with Crippen LogP contribution in [0.5, 0.6) is 0 Å². The highest BCUT2D eigenvalue weighted by Crippen LogP contribution is 2.55. The van der Waals surface area contributed by atoms with Gasteiger partial charge in [0.15, 0.2) is 5.41 Å². The Morgan fingerprint density at radius 2 is 1.64 bits per heavy atom. The fourth-order valence-corrected chi connectivity index (χ4v) is 3.12. The standard InChI is InChI=1S/C12H16F6N2O.ClH/c13-11(14,15)10(12(16,17)18)3-4-20(6-10)9(21)7-1-2-8(19)5-7;/h7-8H,1-6,19H2;1H. The van der Waals surface area contributed by atoms with Crippen molar-refractivity contribution < 1.29 is 31.1 Å². The Morgan fingerprint density at radius 3 is 2.00 bits per heavy atom. The van der Waals surface area contributed by atoms with Gasteiger partial charge >= 0.3 is 12.4 Å². The second kappa shape index (κ2) is 6.07. The van der Waals surface area contributed by atoms with Crippen molar-refractivity contribution in [2.75, 3.05) is 13.1 Å². The molecule has 22 heavy (non-hydrogen) atoms. The molecule has 2 N–H and O–H groups in total. The molecule has 0 spiro atoms. The van der Waals surface area contributed by atoms with Gasteiger partial charge in [0.2, 0.25) is 5.91 Å². The van der Waals surface area contributed by atoms with Gasteiger partial charge in [-0.1, -0.05) is 0 Å². The van der Waals surface area contributed by atoms with Crippen LogP contribution in [0.1, 0.15) is 25.7 Å². The van der Waals surface area contributed by atoms with Gasteiger partial charge in [0.1, 0.15) is 0 Å². The van der Waals surface area contributed by atoms with Crippen LogP contribution in [0.25, 0.3) is 0 Å². The van der Waals surface area contributed by atoms with Crippen molar-refractivity contribution in [3.8, 4) is 0 Å². The zero-order valence-corrected chi connectivity index (χ0v) is 12.3. The Morgan fingerprint density at radius 1 is 1.09 bits per heavy atom. The quantitative estimate of drug-likeness (QED) is 0.736. The Balaban J connectivity index is 0.00000242. The molecule has 2 rings (SSSR count). The van der Waals surface area contributed by atoms with E-state index in [2.05, 4.69) is 0 Å². The molecule has 0 radical (unpaired) electrons. The van der Waals surface area contributed by atoms with E-state index < -0.39 is 49.1 Å². The smallest absolute Gasteiger partial charge is 0.341 e. The third-order valence-corrected chi connectivity index (χ3v) is 4.49. The first kappa shape index (κ1) is 19.3. The maximum absolute atomic E-state index is 12.9. The van der Waals surface area contributed by atoms with E-state index in [0.717, 1.165) is 0 Å².